The zero-order chi connectivity index (χ0) is 12.7. The molecule has 4 nitrogen and oxygen atoms in total. The van der Waals surface area contributed by atoms with Gasteiger partial charge in [0.05, 0.1) is 6.61 Å². The van der Waals surface area contributed by atoms with Gasteiger partial charge in [0.15, 0.2) is 0 Å². The van der Waals surface area contributed by atoms with Gasteiger partial charge in [0, 0.05) is 25.6 Å². The molecule has 17 heavy (non-hydrogen) atoms. The Morgan fingerprint density at radius 1 is 1.53 bits per heavy atom. The van der Waals surface area contributed by atoms with Crippen molar-refractivity contribution in [3.8, 4) is 5.75 Å². The minimum atomic E-state index is -0.330. The van der Waals surface area contributed by atoms with Gasteiger partial charge in [-0.2, -0.15) is 0 Å². The second kappa shape index (κ2) is 6.85. The molecule has 94 valence electrons. The summed E-state index contributed by atoms with van der Waals surface area (Å²) < 4.78 is 18.4. The molecular formula is C12H17FN2O2. The maximum absolute atomic E-state index is 12.9. The van der Waals surface area contributed by atoms with Gasteiger partial charge in [-0.3, -0.25) is 4.79 Å². The number of ether oxygens (including phenoxy) is 1. The summed E-state index contributed by atoms with van der Waals surface area (Å²) in [6.45, 7) is 0.634. The molecule has 1 amide bonds. The van der Waals surface area contributed by atoms with Gasteiger partial charge in [0.1, 0.15) is 11.6 Å². The smallest absolute Gasteiger partial charge is 0.219 e. The predicted octanol–water partition coefficient (Wildman–Crippen LogP) is 1.19. The second-order valence-corrected chi connectivity index (χ2v) is 3.58. The van der Waals surface area contributed by atoms with Crippen LogP contribution in [0.4, 0.5) is 4.39 Å². The number of carbonyl (C=O) groups excluding carboxylic acids is 1. The summed E-state index contributed by atoms with van der Waals surface area (Å²) in [7, 11) is 1.59. The van der Waals surface area contributed by atoms with Crippen LogP contribution in [0.3, 0.4) is 0 Å². The molecule has 0 aromatic heterocycles. The summed E-state index contributed by atoms with van der Waals surface area (Å²) in [4.78, 5) is 11.0. The van der Waals surface area contributed by atoms with Crippen LogP contribution in [-0.4, -0.2) is 19.6 Å². The van der Waals surface area contributed by atoms with Gasteiger partial charge in [0.25, 0.3) is 0 Å². The van der Waals surface area contributed by atoms with Crippen LogP contribution in [0.15, 0.2) is 18.2 Å². The van der Waals surface area contributed by atoms with E-state index in [1.165, 1.54) is 12.1 Å². The molecular weight excluding hydrogens is 223 g/mol. The quantitative estimate of drug-likeness (QED) is 0.734. The van der Waals surface area contributed by atoms with Crippen molar-refractivity contribution in [3.05, 3.63) is 29.6 Å². The van der Waals surface area contributed by atoms with Crippen LogP contribution in [-0.2, 0) is 11.3 Å². The Kier molecular flexibility index (Phi) is 5.42. The van der Waals surface area contributed by atoms with E-state index in [4.69, 9.17) is 10.5 Å². The summed E-state index contributed by atoms with van der Waals surface area (Å²) >= 11 is 0. The average Bonchev–Trinajstić information content (AvgIpc) is 2.35. The van der Waals surface area contributed by atoms with Crippen molar-refractivity contribution in [1.82, 2.24) is 5.32 Å². The first kappa shape index (κ1) is 13.4. The van der Waals surface area contributed by atoms with E-state index in [9.17, 15) is 9.18 Å². The van der Waals surface area contributed by atoms with Gasteiger partial charge in [0.2, 0.25) is 5.91 Å². The van der Waals surface area contributed by atoms with Gasteiger partial charge in [-0.1, -0.05) is 0 Å². The van der Waals surface area contributed by atoms with Crippen molar-refractivity contribution in [1.29, 1.82) is 0 Å². The Bertz CT molecular complexity index is 383. The number of nitrogens with two attached hydrogens (primary N) is 1. The highest BCUT2D eigenvalue weighted by atomic mass is 19.1. The van der Waals surface area contributed by atoms with Crippen LogP contribution >= 0.6 is 0 Å². The lowest BCUT2D eigenvalue weighted by molar-refractivity contribution is -0.120. The summed E-state index contributed by atoms with van der Waals surface area (Å²) in [5.41, 5.74) is 6.11. The fourth-order valence-corrected chi connectivity index (χ4v) is 1.39. The lowest BCUT2D eigenvalue weighted by Gasteiger charge is -2.10. The molecule has 1 aromatic rings. The van der Waals surface area contributed by atoms with Crippen LogP contribution in [0.2, 0.25) is 0 Å². The molecule has 5 heteroatoms. The molecule has 0 radical (unpaired) electrons. The number of rotatable bonds is 6. The third-order valence-corrected chi connectivity index (χ3v) is 2.33. The van der Waals surface area contributed by atoms with Crippen molar-refractivity contribution in [2.75, 3.05) is 13.7 Å². The van der Waals surface area contributed by atoms with Gasteiger partial charge >= 0.3 is 0 Å². The van der Waals surface area contributed by atoms with E-state index in [1.807, 2.05) is 0 Å². The number of hydrogen-bond acceptors (Lipinski definition) is 3. The maximum Gasteiger partial charge on any atom is 0.219 e. The molecule has 3 N–H and O–H groups in total. The van der Waals surface area contributed by atoms with Gasteiger partial charge in [-0.25, -0.2) is 4.39 Å². The molecule has 1 aromatic carbocycles. The summed E-state index contributed by atoms with van der Waals surface area (Å²) in [5, 5.41) is 2.53. The largest absolute Gasteiger partial charge is 0.493 e. The standard InChI is InChI=1S/C12H17FN2O2/c1-15-12(16)3-2-6-17-11-5-4-10(13)7-9(11)8-14/h4-5,7H,2-3,6,8,14H2,1H3,(H,15,16). The molecule has 0 unspecified atom stereocenters. The third-order valence-electron chi connectivity index (χ3n) is 2.33. The molecule has 0 atom stereocenters. The molecule has 0 saturated heterocycles. The second-order valence-electron chi connectivity index (χ2n) is 3.58. The highest BCUT2D eigenvalue weighted by molar-refractivity contribution is 5.75. The molecule has 0 saturated carbocycles. The fraction of sp³-hybridized carbons (Fsp3) is 0.417. The Morgan fingerprint density at radius 3 is 2.94 bits per heavy atom. The van der Waals surface area contributed by atoms with E-state index in [0.717, 1.165) is 0 Å². The number of amides is 1. The van der Waals surface area contributed by atoms with Gasteiger partial charge < -0.3 is 15.8 Å². The molecule has 1 rings (SSSR count). The number of hydrogen-bond donors (Lipinski definition) is 2. The number of halogens is 1. The maximum atomic E-state index is 12.9. The summed E-state index contributed by atoms with van der Waals surface area (Å²) in [6, 6.07) is 4.23. The average molecular weight is 240 g/mol. The van der Waals surface area contributed by atoms with Crippen molar-refractivity contribution in [2.24, 2.45) is 5.73 Å². The normalized spacial score (nSPS) is 10.1. The minimum Gasteiger partial charge on any atom is -0.493 e. The molecule has 0 aliphatic heterocycles. The molecule has 0 spiro atoms. The van der Waals surface area contributed by atoms with Crippen molar-refractivity contribution < 1.29 is 13.9 Å². The van der Waals surface area contributed by atoms with Crippen LogP contribution in [0.5, 0.6) is 5.75 Å². The van der Waals surface area contributed by atoms with E-state index in [-0.39, 0.29) is 18.3 Å². The van der Waals surface area contributed by atoms with Crippen LogP contribution in [0.1, 0.15) is 18.4 Å². The zero-order valence-electron chi connectivity index (χ0n) is 9.83. The Balaban J connectivity index is 2.43. The molecule has 0 fully saturated rings. The highest BCUT2D eigenvalue weighted by Gasteiger charge is 2.04. The predicted molar refractivity (Wildman–Crippen MR) is 63.1 cm³/mol. The fourth-order valence-electron chi connectivity index (χ4n) is 1.39. The Labute approximate surface area is 100.0 Å². The minimum absolute atomic E-state index is 0.0215. The lowest BCUT2D eigenvalue weighted by atomic mass is 10.2. The van der Waals surface area contributed by atoms with Crippen molar-refractivity contribution in [2.45, 2.75) is 19.4 Å². The van der Waals surface area contributed by atoms with Crippen molar-refractivity contribution >= 4 is 5.91 Å². The van der Waals surface area contributed by atoms with E-state index < -0.39 is 0 Å². The third kappa shape index (κ3) is 4.40. The monoisotopic (exact) mass is 240 g/mol. The first-order chi connectivity index (χ1) is 8.17. The zero-order valence-corrected chi connectivity index (χ0v) is 9.83. The molecule has 0 heterocycles. The van der Waals surface area contributed by atoms with Gasteiger partial charge in [-0.05, 0) is 24.6 Å². The SMILES string of the molecule is CNC(=O)CCCOc1ccc(F)cc1CN. The highest BCUT2D eigenvalue weighted by Crippen LogP contribution is 2.19. The number of nitrogens with one attached hydrogen (secondary N) is 1. The Morgan fingerprint density at radius 2 is 2.29 bits per heavy atom. The van der Waals surface area contributed by atoms with Crippen molar-refractivity contribution in [3.63, 3.8) is 0 Å². The lowest BCUT2D eigenvalue weighted by Crippen LogP contribution is -2.18. The summed E-state index contributed by atoms with van der Waals surface area (Å²) in [6.07, 6.45) is 1.02. The first-order valence-electron chi connectivity index (χ1n) is 5.49. The van der Waals surface area contributed by atoms with Crippen LogP contribution < -0.4 is 15.8 Å². The van der Waals surface area contributed by atoms with Crippen LogP contribution in [0, 0.1) is 5.82 Å². The van der Waals surface area contributed by atoms with E-state index in [2.05, 4.69) is 5.32 Å². The van der Waals surface area contributed by atoms with E-state index >= 15 is 0 Å². The van der Waals surface area contributed by atoms with E-state index in [1.54, 1.807) is 13.1 Å². The Hall–Kier alpha value is -1.62. The molecule has 0 aliphatic carbocycles. The van der Waals surface area contributed by atoms with E-state index in [0.29, 0.717) is 30.8 Å². The van der Waals surface area contributed by atoms with Gasteiger partial charge in [-0.15, -0.1) is 0 Å². The molecule has 0 bridgehead atoms. The topological polar surface area (TPSA) is 64.3 Å². The molecule has 0 aliphatic rings. The first-order valence-corrected chi connectivity index (χ1v) is 5.49. The number of benzene rings is 1. The number of carbonyl (C=O) groups is 1. The van der Waals surface area contributed by atoms with Crippen LogP contribution in [0.25, 0.3) is 0 Å². The summed E-state index contributed by atoms with van der Waals surface area (Å²) in [5.74, 6) is 0.223.